The minimum Gasteiger partial charge on any atom is -0.381 e. The van der Waals surface area contributed by atoms with E-state index >= 15 is 0 Å². The number of nitrogens with zero attached hydrogens (tertiary/aromatic N) is 2. The minimum absolute atomic E-state index is 0. The molecule has 1 rings (SSSR count). The monoisotopic (exact) mass is 383 g/mol. The first kappa shape index (κ1) is 19.0. The number of nitrogens with two attached hydrogens (primary N) is 1. The van der Waals surface area contributed by atoms with E-state index in [1.54, 1.807) is 0 Å². The SMILES string of the molecule is CCCCOCCCN=C(N)N1CCCC(C)C1.I. The van der Waals surface area contributed by atoms with Crippen molar-refractivity contribution in [1.82, 2.24) is 4.90 Å². The smallest absolute Gasteiger partial charge is 0.191 e. The number of ether oxygens (including phenoxy) is 1. The van der Waals surface area contributed by atoms with E-state index in [0.29, 0.717) is 0 Å². The molecule has 4 nitrogen and oxygen atoms in total. The lowest BCUT2D eigenvalue weighted by Gasteiger charge is -2.31. The first-order valence-corrected chi connectivity index (χ1v) is 7.36. The van der Waals surface area contributed by atoms with Crippen LogP contribution in [0.15, 0.2) is 4.99 Å². The van der Waals surface area contributed by atoms with E-state index in [-0.39, 0.29) is 24.0 Å². The van der Waals surface area contributed by atoms with Gasteiger partial charge in [-0.1, -0.05) is 20.3 Å². The maximum atomic E-state index is 6.01. The number of hydrogen-bond acceptors (Lipinski definition) is 2. The van der Waals surface area contributed by atoms with Gasteiger partial charge in [-0.05, 0) is 31.6 Å². The molecule has 1 heterocycles. The summed E-state index contributed by atoms with van der Waals surface area (Å²) in [4.78, 5) is 6.65. The molecule has 0 saturated carbocycles. The van der Waals surface area contributed by atoms with Gasteiger partial charge in [-0.2, -0.15) is 0 Å². The third kappa shape index (κ3) is 8.68. The summed E-state index contributed by atoms with van der Waals surface area (Å²) >= 11 is 0. The van der Waals surface area contributed by atoms with Gasteiger partial charge in [0, 0.05) is 32.8 Å². The molecule has 1 aliphatic rings. The zero-order valence-electron chi connectivity index (χ0n) is 12.4. The van der Waals surface area contributed by atoms with E-state index in [4.69, 9.17) is 10.5 Å². The number of likely N-dealkylation sites (tertiary alicyclic amines) is 1. The Morgan fingerprint density at radius 2 is 2.11 bits per heavy atom. The Labute approximate surface area is 135 Å². The van der Waals surface area contributed by atoms with E-state index in [2.05, 4.69) is 23.7 Å². The van der Waals surface area contributed by atoms with Gasteiger partial charge in [-0.25, -0.2) is 0 Å². The Balaban J connectivity index is 0.00000324. The van der Waals surface area contributed by atoms with Gasteiger partial charge < -0.3 is 15.4 Å². The van der Waals surface area contributed by atoms with Gasteiger partial charge in [0.25, 0.3) is 0 Å². The summed E-state index contributed by atoms with van der Waals surface area (Å²) < 4.78 is 5.49. The molecule has 1 fully saturated rings. The number of guanidine groups is 1. The molecule has 1 unspecified atom stereocenters. The van der Waals surface area contributed by atoms with Crippen LogP contribution in [0.25, 0.3) is 0 Å². The van der Waals surface area contributed by atoms with Gasteiger partial charge in [0.2, 0.25) is 0 Å². The molecule has 1 atom stereocenters. The summed E-state index contributed by atoms with van der Waals surface area (Å²) in [5, 5.41) is 0. The largest absolute Gasteiger partial charge is 0.381 e. The summed E-state index contributed by atoms with van der Waals surface area (Å²) in [6, 6.07) is 0. The van der Waals surface area contributed by atoms with Crippen molar-refractivity contribution in [2.75, 3.05) is 32.8 Å². The molecular formula is C14H30IN3O. The van der Waals surface area contributed by atoms with E-state index in [1.165, 1.54) is 19.3 Å². The predicted molar refractivity (Wildman–Crippen MR) is 92.2 cm³/mol. The van der Waals surface area contributed by atoms with Crippen LogP contribution in [-0.2, 0) is 4.74 Å². The zero-order valence-corrected chi connectivity index (χ0v) is 14.8. The van der Waals surface area contributed by atoms with Crippen molar-refractivity contribution < 1.29 is 4.74 Å². The molecule has 5 heteroatoms. The van der Waals surface area contributed by atoms with Gasteiger partial charge in [-0.3, -0.25) is 4.99 Å². The van der Waals surface area contributed by atoms with Crippen molar-refractivity contribution in [2.24, 2.45) is 16.6 Å². The lowest BCUT2D eigenvalue weighted by atomic mass is 10.0. The van der Waals surface area contributed by atoms with Crippen molar-refractivity contribution in [1.29, 1.82) is 0 Å². The molecule has 114 valence electrons. The molecule has 0 spiro atoms. The average molecular weight is 383 g/mol. The summed E-state index contributed by atoms with van der Waals surface area (Å²) in [5.74, 6) is 1.46. The molecule has 0 aliphatic carbocycles. The number of hydrogen-bond donors (Lipinski definition) is 1. The first-order chi connectivity index (χ1) is 8.74. The topological polar surface area (TPSA) is 50.9 Å². The Morgan fingerprint density at radius 1 is 1.37 bits per heavy atom. The maximum Gasteiger partial charge on any atom is 0.191 e. The molecular weight excluding hydrogens is 353 g/mol. The Hall–Kier alpha value is -0.0400. The van der Waals surface area contributed by atoms with Crippen LogP contribution in [0, 0.1) is 5.92 Å². The molecule has 2 N–H and O–H groups in total. The van der Waals surface area contributed by atoms with Crippen LogP contribution < -0.4 is 5.73 Å². The van der Waals surface area contributed by atoms with E-state index in [0.717, 1.165) is 57.6 Å². The number of piperidine rings is 1. The summed E-state index contributed by atoms with van der Waals surface area (Å²) in [7, 11) is 0. The fraction of sp³-hybridized carbons (Fsp3) is 0.929. The minimum atomic E-state index is 0. The third-order valence-corrected chi connectivity index (χ3v) is 3.34. The second-order valence-corrected chi connectivity index (χ2v) is 5.25. The molecule has 0 aromatic rings. The molecule has 0 aromatic heterocycles. The van der Waals surface area contributed by atoms with Crippen molar-refractivity contribution in [3.8, 4) is 0 Å². The van der Waals surface area contributed by atoms with Crippen molar-refractivity contribution in [3.63, 3.8) is 0 Å². The zero-order chi connectivity index (χ0) is 13.2. The van der Waals surface area contributed by atoms with Crippen molar-refractivity contribution in [2.45, 2.75) is 46.0 Å². The highest BCUT2D eigenvalue weighted by Crippen LogP contribution is 2.14. The van der Waals surface area contributed by atoms with Gasteiger partial charge in [0.1, 0.15) is 0 Å². The van der Waals surface area contributed by atoms with Crippen LogP contribution in [0.4, 0.5) is 0 Å². The van der Waals surface area contributed by atoms with Crippen LogP contribution >= 0.6 is 24.0 Å². The lowest BCUT2D eigenvalue weighted by molar-refractivity contribution is 0.130. The second-order valence-electron chi connectivity index (χ2n) is 5.25. The fourth-order valence-electron chi connectivity index (χ4n) is 2.21. The number of aliphatic imine (C=N–C) groups is 1. The quantitative estimate of drug-likeness (QED) is 0.318. The van der Waals surface area contributed by atoms with E-state index in [9.17, 15) is 0 Å². The van der Waals surface area contributed by atoms with Crippen molar-refractivity contribution >= 4 is 29.9 Å². The highest BCUT2D eigenvalue weighted by molar-refractivity contribution is 14.0. The normalized spacial score (nSPS) is 20.2. The van der Waals surface area contributed by atoms with Crippen LogP contribution in [0.2, 0.25) is 0 Å². The Morgan fingerprint density at radius 3 is 2.79 bits per heavy atom. The fourth-order valence-corrected chi connectivity index (χ4v) is 2.21. The number of halogens is 1. The van der Waals surface area contributed by atoms with Crippen LogP contribution in [0.3, 0.4) is 0 Å². The Kier molecular flexibility index (Phi) is 11.7. The van der Waals surface area contributed by atoms with Crippen LogP contribution in [-0.4, -0.2) is 43.7 Å². The maximum absolute atomic E-state index is 6.01. The predicted octanol–water partition coefficient (Wildman–Crippen LogP) is 2.86. The molecule has 0 amide bonds. The Bertz CT molecular complexity index is 249. The van der Waals surface area contributed by atoms with Crippen LogP contribution in [0.5, 0.6) is 0 Å². The summed E-state index contributed by atoms with van der Waals surface area (Å²) in [5.41, 5.74) is 6.01. The van der Waals surface area contributed by atoms with Gasteiger partial charge >= 0.3 is 0 Å². The molecule has 0 bridgehead atoms. The molecule has 0 aromatic carbocycles. The number of rotatable bonds is 7. The molecule has 1 saturated heterocycles. The molecule has 19 heavy (non-hydrogen) atoms. The van der Waals surface area contributed by atoms with Gasteiger partial charge in [0.15, 0.2) is 5.96 Å². The lowest BCUT2D eigenvalue weighted by Crippen LogP contribution is -2.43. The number of unbranched alkanes of at least 4 members (excludes halogenated alkanes) is 1. The highest BCUT2D eigenvalue weighted by Gasteiger charge is 2.17. The van der Waals surface area contributed by atoms with Gasteiger partial charge in [-0.15, -0.1) is 24.0 Å². The first-order valence-electron chi connectivity index (χ1n) is 7.36. The van der Waals surface area contributed by atoms with Gasteiger partial charge in [0.05, 0.1) is 0 Å². The highest BCUT2D eigenvalue weighted by atomic mass is 127. The van der Waals surface area contributed by atoms with Crippen molar-refractivity contribution in [3.05, 3.63) is 0 Å². The van der Waals surface area contributed by atoms with E-state index < -0.39 is 0 Å². The third-order valence-electron chi connectivity index (χ3n) is 3.34. The summed E-state index contributed by atoms with van der Waals surface area (Å²) in [6.07, 6.45) is 5.86. The molecule has 0 radical (unpaired) electrons. The average Bonchev–Trinajstić information content (AvgIpc) is 2.37. The summed E-state index contributed by atoms with van der Waals surface area (Å²) in [6.45, 7) is 9.03. The second kappa shape index (κ2) is 11.8. The standard InChI is InChI=1S/C14H29N3O.HI/c1-3-4-10-18-11-6-8-16-14(15)17-9-5-7-13(2)12-17;/h13H,3-12H2,1-2H3,(H2,15,16);1H. The van der Waals surface area contributed by atoms with E-state index in [1.807, 2.05) is 0 Å². The van der Waals surface area contributed by atoms with Crippen LogP contribution in [0.1, 0.15) is 46.0 Å². The molecule has 1 aliphatic heterocycles.